The van der Waals surface area contributed by atoms with Crippen LogP contribution in [-0.2, 0) is 18.9 Å². The van der Waals surface area contributed by atoms with E-state index in [1.165, 1.54) is 32.1 Å². The Morgan fingerprint density at radius 2 is 1.33 bits per heavy atom. The van der Waals surface area contributed by atoms with Crippen molar-refractivity contribution >= 4 is 26.2 Å². The molecule has 0 saturated carbocycles. The van der Waals surface area contributed by atoms with E-state index in [0.29, 0.717) is 6.42 Å². The molecule has 0 aromatic rings. The van der Waals surface area contributed by atoms with Gasteiger partial charge in [0.2, 0.25) is 11.6 Å². The molecule has 0 radical (unpaired) electrons. The Morgan fingerprint density at radius 3 is 1.85 bits per heavy atom. The molecule has 0 aliphatic heterocycles. The summed E-state index contributed by atoms with van der Waals surface area (Å²) < 4.78 is 9.20. The molecule has 4 N–H and O–H groups in total. The number of Topliss-reactive ketones (excluding diaryl/α,β-unsaturated/α-hetero) is 1. The number of allylic oxidation sites excluding steroid dienone is 2. The molecule has 1 aliphatic rings. The van der Waals surface area contributed by atoms with Crippen LogP contribution < -0.4 is 0 Å². The Hall–Kier alpha value is -1.61. The van der Waals surface area contributed by atoms with E-state index in [0.717, 1.165) is 25.3 Å². The predicted molar refractivity (Wildman–Crippen MR) is 99.5 cm³/mol. The maximum absolute atomic E-state index is 12.4. The third kappa shape index (κ3) is 8.75. The Morgan fingerprint density at radius 1 is 0.815 bits per heavy atom. The number of hydrogen-bond acceptors (Lipinski definition) is 8. The Bertz CT molecular complexity index is 557. The van der Waals surface area contributed by atoms with E-state index in [1.54, 1.807) is 0 Å². The summed E-state index contributed by atoms with van der Waals surface area (Å²) in [5, 5.41) is 35.7. The molecule has 1 aliphatic carbocycles. The lowest BCUT2D eigenvalue weighted by molar-refractivity contribution is -0.119. The van der Waals surface area contributed by atoms with Crippen LogP contribution in [-0.4, -0.2) is 46.3 Å². The molecule has 0 saturated heterocycles. The van der Waals surface area contributed by atoms with Crippen LogP contribution in [0.3, 0.4) is 0 Å². The standard InChI is InChI=1S/C17H28B2O8/c1-2-3-4-5-6-7-8-9-10-11-13-16(21)15(26-18(22)23)12-14(20)17(13)27-19(24)25/h12,22-25H,2-11H2,1H3. The maximum atomic E-state index is 12.4. The fourth-order valence-corrected chi connectivity index (χ4v) is 2.93. The first-order valence-corrected chi connectivity index (χ1v) is 9.46. The van der Waals surface area contributed by atoms with Crippen molar-refractivity contribution in [3.63, 3.8) is 0 Å². The zero-order chi connectivity index (χ0) is 20.2. The number of unbranched alkanes of at least 4 members (excludes halogenated alkanes) is 8. The molecule has 150 valence electrons. The third-order valence-electron chi connectivity index (χ3n) is 4.24. The minimum Gasteiger partial charge on any atom is -0.509 e. The highest BCUT2D eigenvalue weighted by atomic mass is 16.6. The molecule has 27 heavy (non-hydrogen) atoms. The summed E-state index contributed by atoms with van der Waals surface area (Å²) >= 11 is 0. The first-order valence-electron chi connectivity index (χ1n) is 9.46. The van der Waals surface area contributed by atoms with Gasteiger partial charge in [0.1, 0.15) is 0 Å². The second-order valence-electron chi connectivity index (χ2n) is 6.48. The fourth-order valence-electron chi connectivity index (χ4n) is 2.93. The molecule has 0 fully saturated rings. The molecule has 0 bridgehead atoms. The summed E-state index contributed by atoms with van der Waals surface area (Å²) in [6.07, 6.45) is 10.6. The molecule has 8 nitrogen and oxygen atoms in total. The molecule has 0 heterocycles. The van der Waals surface area contributed by atoms with Crippen molar-refractivity contribution in [3.05, 3.63) is 23.2 Å². The third-order valence-corrected chi connectivity index (χ3v) is 4.24. The maximum Gasteiger partial charge on any atom is 0.707 e. The van der Waals surface area contributed by atoms with Gasteiger partial charge in [0.05, 0.1) is 0 Å². The first-order chi connectivity index (χ1) is 12.9. The Labute approximate surface area is 160 Å². The average molecular weight is 382 g/mol. The van der Waals surface area contributed by atoms with Crippen LogP contribution in [0.25, 0.3) is 0 Å². The van der Waals surface area contributed by atoms with Crippen molar-refractivity contribution in [2.45, 2.75) is 71.1 Å². The summed E-state index contributed by atoms with van der Waals surface area (Å²) in [5.74, 6) is -2.50. The van der Waals surface area contributed by atoms with Crippen LogP contribution >= 0.6 is 0 Å². The van der Waals surface area contributed by atoms with E-state index < -0.39 is 37.7 Å². The van der Waals surface area contributed by atoms with Gasteiger partial charge in [-0.05, 0) is 12.8 Å². The zero-order valence-corrected chi connectivity index (χ0v) is 15.7. The summed E-state index contributed by atoms with van der Waals surface area (Å²) in [7, 11) is -4.48. The van der Waals surface area contributed by atoms with Gasteiger partial charge in [0, 0.05) is 11.6 Å². The fraction of sp³-hybridized carbons (Fsp3) is 0.647. The van der Waals surface area contributed by atoms with Crippen molar-refractivity contribution in [2.24, 2.45) is 0 Å². The highest BCUT2D eigenvalue weighted by Crippen LogP contribution is 2.26. The van der Waals surface area contributed by atoms with E-state index >= 15 is 0 Å². The zero-order valence-electron chi connectivity index (χ0n) is 15.7. The molecule has 0 unspecified atom stereocenters. The lowest BCUT2D eigenvalue weighted by atomic mass is 9.93. The summed E-state index contributed by atoms with van der Waals surface area (Å²) in [5.41, 5.74) is -0.0609. The van der Waals surface area contributed by atoms with E-state index in [1.807, 2.05) is 0 Å². The van der Waals surface area contributed by atoms with Gasteiger partial charge in [-0.15, -0.1) is 0 Å². The van der Waals surface area contributed by atoms with Crippen LogP contribution in [0.15, 0.2) is 23.2 Å². The number of carbonyl (C=O) groups excluding carboxylic acids is 2. The van der Waals surface area contributed by atoms with Gasteiger partial charge in [0.15, 0.2) is 11.5 Å². The Kier molecular flexibility index (Phi) is 11.0. The summed E-state index contributed by atoms with van der Waals surface area (Å²) in [6, 6.07) is 0. The van der Waals surface area contributed by atoms with Crippen molar-refractivity contribution in [3.8, 4) is 0 Å². The summed E-state index contributed by atoms with van der Waals surface area (Å²) in [6.45, 7) is 2.17. The molecular formula is C17H28B2O8. The predicted octanol–water partition coefficient (Wildman–Crippen LogP) is 1.17. The smallest absolute Gasteiger partial charge is 0.509 e. The van der Waals surface area contributed by atoms with Gasteiger partial charge in [-0.1, -0.05) is 58.3 Å². The van der Waals surface area contributed by atoms with Gasteiger partial charge in [0.25, 0.3) is 0 Å². The number of ketones is 2. The van der Waals surface area contributed by atoms with Crippen molar-refractivity contribution in [2.75, 3.05) is 0 Å². The van der Waals surface area contributed by atoms with Crippen molar-refractivity contribution in [1.82, 2.24) is 0 Å². The highest BCUT2D eigenvalue weighted by Gasteiger charge is 2.34. The minimum absolute atomic E-state index is 0.0609. The molecule has 0 aromatic carbocycles. The van der Waals surface area contributed by atoms with Crippen LogP contribution in [0.5, 0.6) is 0 Å². The number of carbonyl (C=O) groups is 2. The van der Waals surface area contributed by atoms with Crippen LogP contribution in [0, 0.1) is 0 Å². The molecule has 0 amide bonds. The van der Waals surface area contributed by atoms with Crippen LogP contribution in [0.2, 0.25) is 0 Å². The average Bonchev–Trinajstić information content (AvgIpc) is 2.59. The van der Waals surface area contributed by atoms with Crippen molar-refractivity contribution in [1.29, 1.82) is 0 Å². The van der Waals surface area contributed by atoms with Gasteiger partial charge in [-0.25, -0.2) is 0 Å². The normalized spacial score (nSPS) is 14.3. The number of rotatable bonds is 14. The van der Waals surface area contributed by atoms with Crippen molar-refractivity contribution < 1.29 is 39.0 Å². The lowest BCUT2D eigenvalue weighted by Gasteiger charge is -2.20. The molecule has 10 heteroatoms. The van der Waals surface area contributed by atoms with Gasteiger partial charge in [-0.2, -0.15) is 0 Å². The second kappa shape index (κ2) is 12.7. The summed E-state index contributed by atoms with van der Waals surface area (Å²) in [4.78, 5) is 24.5. The van der Waals surface area contributed by atoms with Gasteiger partial charge in [-0.3, -0.25) is 9.59 Å². The molecule has 0 aromatic heterocycles. The molecule has 1 rings (SSSR count). The van der Waals surface area contributed by atoms with E-state index in [9.17, 15) is 9.59 Å². The lowest BCUT2D eigenvalue weighted by Crippen LogP contribution is -2.29. The molecule has 0 spiro atoms. The van der Waals surface area contributed by atoms with Gasteiger partial charge < -0.3 is 29.4 Å². The van der Waals surface area contributed by atoms with E-state index in [4.69, 9.17) is 20.1 Å². The topological polar surface area (TPSA) is 134 Å². The van der Waals surface area contributed by atoms with Crippen LogP contribution in [0.1, 0.15) is 71.1 Å². The van der Waals surface area contributed by atoms with Gasteiger partial charge >= 0.3 is 14.6 Å². The Balaban J connectivity index is 2.58. The largest absolute Gasteiger partial charge is 0.707 e. The first kappa shape index (κ1) is 23.4. The molecular weight excluding hydrogens is 354 g/mol. The minimum atomic E-state index is -2.24. The highest BCUT2D eigenvalue weighted by molar-refractivity contribution is 6.36. The quantitative estimate of drug-likeness (QED) is 0.200. The monoisotopic (exact) mass is 382 g/mol. The van der Waals surface area contributed by atoms with E-state index in [2.05, 4.69) is 16.2 Å². The SMILES string of the molecule is CCCCCCCCCCCC1=C(OB(O)O)C(=O)C=C(OB(O)O)C1=O. The van der Waals surface area contributed by atoms with E-state index in [-0.39, 0.29) is 12.0 Å². The van der Waals surface area contributed by atoms with Crippen LogP contribution in [0.4, 0.5) is 0 Å². The second-order valence-corrected chi connectivity index (χ2v) is 6.48. The number of hydrogen-bond donors (Lipinski definition) is 4. The molecule has 0 atom stereocenters.